The first kappa shape index (κ1) is 28.8. The van der Waals surface area contributed by atoms with E-state index in [0.717, 1.165) is 29.3 Å². The van der Waals surface area contributed by atoms with Crippen LogP contribution in [0.3, 0.4) is 0 Å². The number of non-ortho nitro benzene ring substituents is 2. The third kappa shape index (κ3) is 3.61. The zero-order valence-corrected chi connectivity index (χ0v) is 23.9. The van der Waals surface area contributed by atoms with Crippen molar-refractivity contribution in [2.45, 2.75) is 20.6 Å². The van der Waals surface area contributed by atoms with E-state index in [2.05, 4.69) is 0 Å². The van der Waals surface area contributed by atoms with Crippen molar-refractivity contribution in [3.63, 3.8) is 0 Å². The molecule has 0 aromatic heterocycles. The Kier molecular flexibility index (Phi) is 6.80. The quantitative estimate of drug-likeness (QED) is 0.171. The summed E-state index contributed by atoms with van der Waals surface area (Å²) in [5.41, 5.74) is -0.365. The SMILES string of the molecule is O=C(c1ccc([N+](=O)[O-])cc1)N(Cc1ccc([N+](=O)[O-])cc1)N1C(=O)[C@@H]2[C@@H](C1=O)[C@@]1(Cl)C(Cl)=C(Cl)[C@@]2(Cl)C1(Cl)Cl. The summed E-state index contributed by atoms with van der Waals surface area (Å²) in [5, 5.41) is 22.8. The largest absolute Gasteiger partial charge is 0.273 e. The van der Waals surface area contributed by atoms with Gasteiger partial charge in [0.2, 0.25) is 0 Å². The van der Waals surface area contributed by atoms with Gasteiger partial charge in [0.25, 0.3) is 29.1 Å². The summed E-state index contributed by atoms with van der Waals surface area (Å²) in [5.74, 6) is -5.96. The minimum absolute atomic E-state index is 0.118. The summed E-state index contributed by atoms with van der Waals surface area (Å²) in [6.45, 7) is -0.433. The average Bonchev–Trinajstić information content (AvgIpc) is 3.30. The molecule has 3 aliphatic rings. The number of carbonyl (C=O) groups excluding carboxylic acids is 3. The number of carbonyl (C=O) groups is 3. The van der Waals surface area contributed by atoms with E-state index in [0.29, 0.717) is 10.6 Å². The second-order valence-electron chi connectivity index (χ2n) is 9.16. The van der Waals surface area contributed by atoms with Crippen molar-refractivity contribution < 1.29 is 24.2 Å². The number of halogens is 6. The molecule has 2 aliphatic carbocycles. The van der Waals surface area contributed by atoms with Gasteiger partial charge in [-0.1, -0.05) is 58.5 Å². The van der Waals surface area contributed by atoms with Crippen LogP contribution < -0.4 is 0 Å². The van der Waals surface area contributed by atoms with Crippen molar-refractivity contribution in [1.29, 1.82) is 0 Å². The number of benzene rings is 2. The van der Waals surface area contributed by atoms with Crippen molar-refractivity contribution in [1.82, 2.24) is 10.0 Å². The number of hydrogen-bond donors (Lipinski definition) is 0. The Labute approximate surface area is 254 Å². The number of nitro groups is 2. The number of hydrogen-bond acceptors (Lipinski definition) is 7. The van der Waals surface area contributed by atoms with E-state index < -0.39 is 60.0 Å². The Morgan fingerprint density at radius 3 is 1.60 bits per heavy atom. The van der Waals surface area contributed by atoms with Gasteiger partial charge < -0.3 is 0 Å². The normalized spacial score (nSPS) is 28.2. The fraction of sp³-hybridized carbons (Fsp3) is 0.261. The number of nitro benzene ring substituents is 2. The van der Waals surface area contributed by atoms with Gasteiger partial charge in [-0.15, -0.1) is 23.2 Å². The number of nitrogens with zero attached hydrogens (tertiary/aromatic N) is 4. The first-order valence-corrected chi connectivity index (χ1v) is 13.4. The number of allylic oxidation sites excluding steroid dienone is 2. The number of fused-ring (bicyclic) bond motifs is 5. The molecule has 40 heavy (non-hydrogen) atoms. The van der Waals surface area contributed by atoms with Crippen LogP contribution in [0.2, 0.25) is 0 Å². The van der Waals surface area contributed by atoms with Gasteiger partial charge in [-0.25, -0.2) is 5.01 Å². The second kappa shape index (κ2) is 9.43. The number of hydrazine groups is 1. The molecule has 0 N–H and O–H groups in total. The molecule has 1 saturated heterocycles. The number of alkyl halides is 4. The van der Waals surface area contributed by atoms with Crippen LogP contribution in [0.5, 0.6) is 0 Å². The average molecular weight is 669 g/mol. The van der Waals surface area contributed by atoms with Crippen LogP contribution in [-0.2, 0) is 16.1 Å². The predicted octanol–water partition coefficient (Wildman–Crippen LogP) is 5.51. The highest BCUT2D eigenvalue weighted by atomic mass is 35.5. The molecule has 1 heterocycles. The molecule has 2 bridgehead atoms. The van der Waals surface area contributed by atoms with Crippen molar-refractivity contribution in [2.24, 2.45) is 11.8 Å². The number of imide groups is 1. The fourth-order valence-corrected chi connectivity index (χ4v) is 8.15. The zero-order chi connectivity index (χ0) is 29.5. The number of amides is 3. The molecule has 17 heteroatoms. The minimum atomic E-state index is -2.18. The second-order valence-corrected chi connectivity index (χ2v) is 12.4. The molecule has 5 rings (SSSR count). The van der Waals surface area contributed by atoms with Crippen molar-refractivity contribution in [3.8, 4) is 0 Å². The van der Waals surface area contributed by atoms with Gasteiger partial charge >= 0.3 is 0 Å². The van der Waals surface area contributed by atoms with Crippen LogP contribution in [0.4, 0.5) is 11.4 Å². The van der Waals surface area contributed by atoms with E-state index >= 15 is 0 Å². The summed E-state index contributed by atoms with van der Waals surface area (Å²) in [6.07, 6.45) is 0. The molecule has 2 aromatic rings. The molecule has 0 radical (unpaired) electrons. The first-order valence-electron chi connectivity index (χ1n) is 11.1. The van der Waals surface area contributed by atoms with E-state index in [1.165, 1.54) is 24.3 Å². The van der Waals surface area contributed by atoms with Crippen molar-refractivity contribution in [3.05, 3.63) is 90.0 Å². The molecule has 2 fully saturated rings. The fourth-order valence-electron chi connectivity index (χ4n) is 5.22. The Hall–Kier alpha value is -2.67. The van der Waals surface area contributed by atoms with Gasteiger partial charge in [0.1, 0.15) is 9.75 Å². The van der Waals surface area contributed by atoms with E-state index in [4.69, 9.17) is 69.6 Å². The predicted molar refractivity (Wildman–Crippen MR) is 145 cm³/mol. The molecule has 1 aliphatic heterocycles. The lowest BCUT2D eigenvalue weighted by molar-refractivity contribution is -0.385. The van der Waals surface area contributed by atoms with Gasteiger partial charge in [-0.2, -0.15) is 5.01 Å². The first-order chi connectivity index (χ1) is 18.6. The van der Waals surface area contributed by atoms with Crippen LogP contribution in [0.1, 0.15) is 15.9 Å². The molecule has 4 atom stereocenters. The molecule has 0 unspecified atom stereocenters. The monoisotopic (exact) mass is 666 g/mol. The third-order valence-electron chi connectivity index (χ3n) is 7.17. The highest BCUT2D eigenvalue weighted by Gasteiger charge is 2.88. The van der Waals surface area contributed by atoms with Crippen LogP contribution in [0.15, 0.2) is 58.6 Å². The van der Waals surface area contributed by atoms with E-state index in [9.17, 15) is 34.6 Å². The standard InChI is InChI=1S/C23H12Cl6N4O7/c24-16-17(25)22(27)15-14(21(16,26)23(22,28)29)19(35)31(20(15)36)30(9-10-1-5-12(6-2-10)32(37)38)18(34)11-3-7-13(8-4-11)33(39)40/h1-8,14-15H,9H2/t14-,15-,21+,22+/m0/s1. The lowest BCUT2D eigenvalue weighted by Crippen LogP contribution is -2.55. The van der Waals surface area contributed by atoms with Gasteiger partial charge in [0.05, 0.1) is 38.3 Å². The molecule has 0 spiro atoms. The van der Waals surface area contributed by atoms with Gasteiger partial charge in [-0.05, 0) is 17.7 Å². The molecular formula is C23H12Cl6N4O7. The van der Waals surface area contributed by atoms with Crippen molar-refractivity contribution in [2.75, 3.05) is 0 Å². The van der Waals surface area contributed by atoms with Gasteiger partial charge in [0, 0.05) is 29.8 Å². The highest BCUT2D eigenvalue weighted by molar-refractivity contribution is 6.66. The minimum Gasteiger partial charge on any atom is -0.272 e. The summed E-state index contributed by atoms with van der Waals surface area (Å²) in [6, 6.07) is 9.42. The molecule has 11 nitrogen and oxygen atoms in total. The van der Waals surface area contributed by atoms with E-state index in [1.807, 2.05) is 0 Å². The smallest absolute Gasteiger partial charge is 0.272 e. The lowest BCUT2D eigenvalue weighted by atomic mass is 9.84. The zero-order valence-electron chi connectivity index (χ0n) is 19.4. The maximum absolute atomic E-state index is 13.9. The van der Waals surface area contributed by atoms with Crippen LogP contribution in [0, 0.1) is 32.1 Å². The van der Waals surface area contributed by atoms with E-state index in [-0.39, 0.29) is 27.0 Å². The summed E-state index contributed by atoms with van der Waals surface area (Å²) < 4.78 is -2.18. The van der Waals surface area contributed by atoms with E-state index in [1.54, 1.807) is 0 Å². The van der Waals surface area contributed by atoms with Crippen LogP contribution >= 0.6 is 69.6 Å². The molecule has 2 aromatic carbocycles. The Balaban J connectivity index is 1.59. The molecule has 1 saturated carbocycles. The Bertz CT molecular complexity index is 1500. The van der Waals surface area contributed by atoms with Gasteiger partial charge in [-0.3, -0.25) is 34.6 Å². The highest BCUT2D eigenvalue weighted by Crippen LogP contribution is 2.77. The topological polar surface area (TPSA) is 144 Å². The third-order valence-corrected chi connectivity index (χ3v) is 11.4. The molecule has 208 valence electrons. The number of rotatable bonds is 6. The van der Waals surface area contributed by atoms with Gasteiger partial charge in [0.15, 0.2) is 4.33 Å². The lowest BCUT2D eigenvalue weighted by Gasteiger charge is -2.37. The van der Waals surface area contributed by atoms with Crippen molar-refractivity contribution >= 4 is 98.7 Å². The molecular weight excluding hydrogens is 657 g/mol. The maximum Gasteiger partial charge on any atom is 0.273 e. The summed E-state index contributed by atoms with van der Waals surface area (Å²) >= 11 is 39.2. The molecule has 3 amide bonds. The maximum atomic E-state index is 13.9. The summed E-state index contributed by atoms with van der Waals surface area (Å²) in [7, 11) is 0. The summed E-state index contributed by atoms with van der Waals surface area (Å²) in [4.78, 5) is 58.1. The van der Waals surface area contributed by atoms with Crippen LogP contribution in [-0.4, -0.2) is 51.7 Å². The Morgan fingerprint density at radius 2 is 1.20 bits per heavy atom. The van der Waals surface area contributed by atoms with Crippen LogP contribution in [0.25, 0.3) is 0 Å². The Morgan fingerprint density at radius 1 is 0.800 bits per heavy atom.